The second kappa shape index (κ2) is 10.8. The van der Waals surface area contributed by atoms with Crippen molar-refractivity contribution >= 4 is 29.6 Å². The molecule has 0 fully saturated rings. The first-order valence-electron chi connectivity index (χ1n) is 11.5. The van der Waals surface area contributed by atoms with Gasteiger partial charge in [-0.15, -0.1) is 0 Å². The van der Waals surface area contributed by atoms with Gasteiger partial charge in [-0.25, -0.2) is 23.9 Å². The van der Waals surface area contributed by atoms with Gasteiger partial charge in [0, 0.05) is 13.0 Å². The smallest absolute Gasteiger partial charge is 0.424 e. The zero-order valence-electron chi connectivity index (χ0n) is 22.4. The molecular formula is C25H35N5O6. The SMILES string of the molecule is CC(C)(C)OC(=O)NCCC#Cc1cnc2c(N(C(=O)OC(C)(C)C)C(=O)OC(C)(C)C)ccnn12. The number of carbonyl (C=O) groups excluding carboxylic acids is 3. The highest BCUT2D eigenvalue weighted by Gasteiger charge is 2.34. The van der Waals surface area contributed by atoms with Crippen molar-refractivity contribution in [2.75, 3.05) is 11.4 Å². The van der Waals surface area contributed by atoms with Crippen LogP contribution in [0.15, 0.2) is 18.5 Å². The van der Waals surface area contributed by atoms with Crippen LogP contribution in [0.5, 0.6) is 0 Å². The molecule has 2 aromatic rings. The van der Waals surface area contributed by atoms with Gasteiger partial charge in [0.25, 0.3) is 0 Å². The van der Waals surface area contributed by atoms with Crippen molar-refractivity contribution in [3.05, 3.63) is 24.2 Å². The molecule has 2 aromatic heterocycles. The number of hydrogen-bond acceptors (Lipinski definition) is 8. The summed E-state index contributed by atoms with van der Waals surface area (Å²) >= 11 is 0. The standard InChI is InChI=1S/C25H35N5O6/c1-23(2,3)34-20(31)26-14-11-10-12-17-16-27-19-18(13-15-28-30(17)19)29(21(32)35-24(4,5)6)22(33)36-25(7,8)9/h13,15-16H,11,14H2,1-9H3,(H,26,31). The van der Waals surface area contributed by atoms with E-state index in [9.17, 15) is 14.4 Å². The van der Waals surface area contributed by atoms with Gasteiger partial charge in [-0.05, 0) is 74.3 Å². The van der Waals surface area contributed by atoms with Crippen molar-refractivity contribution < 1.29 is 28.6 Å². The Balaban J connectivity index is 2.30. The van der Waals surface area contributed by atoms with Crippen LogP contribution in [0.25, 0.3) is 5.65 Å². The molecule has 3 amide bonds. The van der Waals surface area contributed by atoms with E-state index in [1.807, 2.05) is 0 Å². The molecule has 0 bridgehead atoms. The number of amides is 3. The summed E-state index contributed by atoms with van der Waals surface area (Å²) in [5.41, 5.74) is -1.50. The van der Waals surface area contributed by atoms with Crippen molar-refractivity contribution in [3.8, 4) is 11.8 Å². The normalized spacial score (nSPS) is 11.8. The van der Waals surface area contributed by atoms with E-state index in [1.165, 1.54) is 23.0 Å². The van der Waals surface area contributed by atoms with Gasteiger partial charge in [0.1, 0.15) is 28.2 Å². The summed E-state index contributed by atoms with van der Waals surface area (Å²) < 4.78 is 17.5. The van der Waals surface area contributed by atoms with E-state index in [4.69, 9.17) is 14.2 Å². The molecular weight excluding hydrogens is 466 g/mol. The number of ether oxygens (including phenoxy) is 3. The number of alkyl carbamates (subject to hydrolysis) is 1. The quantitative estimate of drug-likeness (QED) is 0.365. The fourth-order valence-electron chi connectivity index (χ4n) is 2.72. The van der Waals surface area contributed by atoms with Crippen LogP contribution in [0.1, 0.15) is 74.4 Å². The van der Waals surface area contributed by atoms with E-state index in [0.29, 0.717) is 18.7 Å². The Kier molecular flexibility index (Phi) is 8.57. The Morgan fingerprint density at radius 3 is 2.03 bits per heavy atom. The van der Waals surface area contributed by atoms with E-state index in [1.54, 1.807) is 62.3 Å². The summed E-state index contributed by atoms with van der Waals surface area (Å²) in [4.78, 5) is 42.8. The number of aromatic nitrogens is 3. The fourth-order valence-corrected chi connectivity index (χ4v) is 2.72. The highest BCUT2D eigenvalue weighted by atomic mass is 16.6. The number of anilines is 1. The lowest BCUT2D eigenvalue weighted by Gasteiger charge is -2.28. The average Bonchev–Trinajstić information content (AvgIpc) is 3.07. The first kappa shape index (κ1) is 28.4. The van der Waals surface area contributed by atoms with Crippen LogP contribution in [-0.2, 0) is 14.2 Å². The van der Waals surface area contributed by atoms with Gasteiger partial charge in [-0.3, -0.25) is 0 Å². The van der Waals surface area contributed by atoms with Gasteiger partial charge >= 0.3 is 18.3 Å². The number of imidazole rings is 1. The largest absolute Gasteiger partial charge is 0.444 e. The number of imide groups is 1. The summed E-state index contributed by atoms with van der Waals surface area (Å²) in [6.07, 6.45) is 0.912. The molecule has 11 nitrogen and oxygen atoms in total. The van der Waals surface area contributed by atoms with E-state index in [0.717, 1.165) is 4.90 Å². The molecule has 2 rings (SSSR count). The zero-order valence-corrected chi connectivity index (χ0v) is 22.4. The number of nitrogens with one attached hydrogen (secondary N) is 1. The van der Waals surface area contributed by atoms with Gasteiger partial charge in [-0.2, -0.15) is 10.00 Å². The fraction of sp³-hybridized carbons (Fsp3) is 0.560. The lowest BCUT2D eigenvalue weighted by molar-refractivity contribution is 0.0428. The molecule has 0 atom stereocenters. The molecule has 0 spiro atoms. The van der Waals surface area contributed by atoms with Crippen LogP contribution < -0.4 is 10.2 Å². The average molecular weight is 502 g/mol. The minimum atomic E-state index is -0.909. The van der Waals surface area contributed by atoms with E-state index in [2.05, 4.69) is 27.2 Å². The Morgan fingerprint density at radius 1 is 0.944 bits per heavy atom. The van der Waals surface area contributed by atoms with E-state index in [-0.39, 0.29) is 11.3 Å². The maximum Gasteiger partial charge on any atom is 0.424 e. The number of carbonyl (C=O) groups is 3. The van der Waals surface area contributed by atoms with Crippen molar-refractivity contribution in [1.29, 1.82) is 0 Å². The third-order valence-corrected chi connectivity index (χ3v) is 3.91. The van der Waals surface area contributed by atoms with Crippen molar-refractivity contribution in [3.63, 3.8) is 0 Å². The molecule has 11 heteroatoms. The van der Waals surface area contributed by atoms with Crippen molar-refractivity contribution in [2.45, 2.75) is 85.5 Å². The summed E-state index contributed by atoms with van der Waals surface area (Å²) in [6, 6.07) is 1.47. The molecule has 0 aliphatic carbocycles. The maximum absolute atomic E-state index is 13.0. The highest BCUT2D eigenvalue weighted by molar-refractivity contribution is 6.11. The first-order chi connectivity index (χ1) is 16.5. The molecule has 1 N–H and O–H groups in total. The van der Waals surface area contributed by atoms with Crippen LogP contribution in [0.3, 0.4) is 0 Å². The Morgan fingerprint density at radius 2 is 1.50 bits per heavy atom. The van der Waals surface area contributed by atoms with Gasteiger partial charge in [-0.1, -0.05) is 5.92 Å². The zero-order chi connectivity index (χ0) is 27.3. The first-order valence-corrected chi connectivity index (χ1v) is 11.5. The summed E-state index contributed by atoms with van der Waals surface area (Å²) in [5, 5.41) is 6.88. The van der Waals surface area contributed by atoms with E-state index >= 15 is 0 Å². The second-order valence-corrected chi connectivity index (χ2v) is 10.9. The summed E-state index contributed by atoms with van der Waals surface area (Å²) in [7, 11) is 0. The third-order valence-electron chi connectivity index (χ3n) is 3.91. The molecule has 36 heavy (non-hydrogen) atoms. The second-order valence-electron chi connectivity index (χ2n) is 10.9. The Hall–Kier alpha value is -3.81. The van der Waals surface area contributed by atoms with Gasteiger partial charge in [0.2, 0.25) is 0 Å². The van der Waals surface area contributed by atoms with Crippen molar-refractivity contribution in [2.24, 2.45) is 0 Å². The molecule has 196 valence electrons. The number of nitrogens with zero attached hydrogens (tertiary/aromatic N) is 4. The van der Waals surface area contributed by atoms with Crippen LogP contribution in [-0.4, -0.2) is 56.2 Å². The minimum Gasteiger partial charge on any atom is -0.444 e. The number of rotatable bonds is 3. The molecule has 0 aliphatic heterocycles. The van der Waals surface area contributed by atoms with Gasteiger partial charge in [0.05, 0.1) is 12.4 Å². The van der Waals surface area contributed by atoms with Gasteiger partial charge < -0.3 is 19.5 Å². The van der Waals surface area contributed by atoms with Crippen LogP contribution >= 0.6 is 0 Å². The Bertz CT molecular complexity index is 1140. The third kappa shape index (κ3) is 8.76. The monoisotopic (exact) mass is 501 g/mol. The summed E-state index contributed by atoms with van der Waals surface area (Å²) in [5.74, 6) is 5.87. The lowest BCUT2D eigenvalue weighted by Crippen LogP contribution is -2.44. The predicted octanol–water partition coefficient (Wildman–Crippen LogP) is 4.67. The highest BCUT2D eigenvalue weighted by Crippen LogP contribution is 2.25. The molecule has 0 saturated heterocycles. The molecule has 0 radical (unpaired) electrons. The van der Waals surface area contributed by atoms with Crippen LogP contribution in [0, 0.1) is 11.8 Å². The van der Waals surface area contributed by atoms with Crippen molar-refractivity contribution in [1.82, 2.24) is 19.9 Å². The molecule has 0 saturated carbocycles. The number of fused-ring (bicyclic) bond motifs is 1. The Labute approximate surface area is 211 Å². The summed E-state index contributed by atoms with van der Waals surface area (Å²) in [6.45, 7) is 15.8. The van der Waals surface area contributed by atoms with E-state index < -0.39 is 35.1 Å². The van der Waals surface area contributed by atoms with Crippen LogP contribution in [0.4, 0.5) is 20.1 Å². The maximum atomic E-state index is 13.0. The molecule has 2 heterocycles. The van der Waals surface area contributed by atoms with Gasteiger partial charge in [0.15, 0.2) is 5.65 Å². The molecule has 0 aromatic carbocycles. The minimum absolute atomic E-state index is 0.133. The van der Waals surface area contributed by atoms with Crippen LogP contribution in [0.2, 0.25) is 0 Å². The predicted molar refractivity (Wildman–Crippen MR) is 134 cm³/mol. The lowest BCUT2D eigenvalue weighted by atomic mass is 10.2. The molecule has 0 aliphatic rings. The molecule has 0 unspecified atom stereocenters. The number of hydrogen-bond donors (Lipinski definition) is 1. The topological polar surface area (TPSA) is 124 Å².